The van der Waals surface area contributed by atoms with Crippen molar-refractivity contribution in [1.29, 1.82) is 0 Å². The fourth-order valence-electron chi connectivity index (χ4n) is 2.76. The van der Waals surface area contributed by atoms with Crippen LogP contribution in [0.25, 0.3) is 0 Å². The summed E-state index contributed by atoms with van der Waals surface area (Å²) in [6.07, 6.45) is 3.17. The average molecular weight is 405 g/mol. The van der Waals surface area contributed by atoms with Crippen LogP contribution in [-0.4, -0.2) is 22.9 Å². The number of aryl methyl sites for hydroxylation is 1. The Labute approximate surface area is 159 Å². The lowest BCUT2D eigenvalue weighted by atomic mass is 10.0. The van der Waals surface area contributed by atoms with Crippen LogP contribution in [0.2, 0.25) is 0 Å². The van der Waals surface area contributed by atoms with Crippen molar-refractivity contribution in [3.05, 3.63) is 82.2 Å². The van der Waals surface area contributed by atoms with Crippen molar-refractivity contribution < 1.29 is 17.7 Å². The smallest absolute Gasteiger partial charge is 0.293 e. The Morgan fingerprint density at radius 2 is 2.00 bits per heavy atom. The van der Waals surface area contributed by atoms with Crippen LogP contribution in [0, 0.1) is 15.9 Å². The molecule has 0 aliphatic carbocycles. The molecule has 0 fully saturated rings. The van der Waals surface area contributed by atoms with Gasteiger partial charge in [0.15, 0.2) is 0 Å². The van der Waals surface area contributed by atoms with Crippen LogP contribution in [0.1, 0.15) is 17.4 Å². The third-order valence-corrected chi connectivity index (χ3v) is 5.04. The standard InChI is InChI=1S/C17H16FN5O4S/c1-22-9-8-20-17(22)16(12-4-2-3-5-13(12)18)21-14-7-6-11(28(19,26)27)10-15(14)23(24)25/h2-10,16,21H,1H3,(H2,19,26,27)/t16-/m1/s1. The molecule has 146 valence electrons. The topological polar surface area (TPSA) is 133 Å². The lowest BCUT2D eigenvalue weighted by molar-refractivity contribution is -0.384. The monoisotopic (exact) mass is 405 g/mol. The molecule has 1 aromatic heterocycles. The number of halogens is 1. The van der Waals surface area contributed by atoms with E-state index in [0.717, 1.165) is 12.1 Å². The van der Waals surface area contributed by atoms with E-state index >= 15 is 0 Å². The van der Waals surface area contributed by atoms with Crippen LogP contribution in [-0.2, 0) is 17.1 Å². The highest BCUT2D eigenvalue weighted by molar-refractivity contribution is 7.89. The Bertz CT molecular complexity index is 1150. The summed E-state index contributed by atoms with van der Waals surface area (Å²) in [7, 11) is -2.42. The molecule has 0 unspecified atom stereocenters. The summed E-state index contributed by atoms with van der Waals surface area (Å²) in [5.41, 5.74) is -0.294. The SMILES string of the molecule is Cn1ccnc1[C@H](Nc1ccc(S(N)(=O)=O)cc1[N+](=O)[O-])c1ccccc1F. The number of anilines is 1. The quantitative estimate of drug-likeness (QED) is 0.478. The number of nitrogens with two attached hydrogens (primary N) is 1. The molecular formula is C17H16FN5O4S. The predicted molar refractivity (Wildman–Crippen MR) is 99.5 cm³/mol. The van der Waals surface area contributed by atoms with Gasteiger partial charge in [0, 0.05) is 31.1 Å². The Kier molecular flexibility index (Phi) is 5.12. The molecule has 9 nitrogen and oxygen atoms in total. The van der Waals surface area contributed by atoms with Crippen molar-refractivity contribution >= 4 is 21.4 Å². The number of hydrogen-bond acceptors (Lipinski definition) is 6. The summed E-state index contributed by atoms with van der Waals surface area (Å²) in [6, 6.07) is 8.31. The minimum Gasteiger partial charge on any atom is -0.366 e. The van der Waals surface area contributed by atoms with E-state index in [-0.39, 0.29) is 11.3 Å². The zero-order valence-electron chi connectivity index (χ0n) is 14.6. The number of nitro groups is 1. The van der Waals surface area contributed by atoms with Crippen LogP contribution in [0.5, 0.6) is 0 Å². The summed E-state index contributed by atoms with van der Waals surface area (Å²) in [5, 5.41) is 19.4. The molecule has 1 atom stereocenters. The van der Waals surface area contributed by atoms with E-state index in [1.807, 2.05) is 0 Å². The summed E-state index contributed by atoms with van der Waals surface area (Å²) < 4.78 is 39.1. The van der Waals surface area contributed by atoms with E-state index in [2.05, 4.69) is 10.3 Å². The number of sulfonamides is 1. The van der Waals surface area contributed by atoms with Crippen LogP contribution in [0.3, 0.4) is 0 Å². The second kappa shape index (κ2) is 7.37. The van der Waals surface area contributed by atoms with Crippen molar-refractivity contribution in [2.45, 2.75) is 10.9 Å². The zero-order chi connectivity index (χ0) is 20.5. The molecule has 3 N–H and O–H groups in total. The van der Waals surface area contributed by atoms with Crippen molar-refractivity contribution in [3.8, 4) is 0 Å². The number of nitrogens with one attached hydrogen (secondary N) is 1. The van der Waals surface area contributed by atoms with Gasteiger partial charge in [-0.05, 0) is 18.2 Å². The number of benzene rings is 2. The van der Waals surface area contributed by atoms with Gasteiger partial charge in [-0.1, -0.05) is 18.2 Å². The Morgan fingerprint density at radius 3 is 2.57 bits per heavy atom. The molecule has 2 aromatic carbocycles. The van der Waals surface area contributed by atoms with E-state index in [0.29, 0.717) is 5.82 Å². The number of nitro benzene ring substituents is 1. The molecule has 0 amide bonds. The lowest BCUT2D eigenvalue weighted by Crippen LogP contribution is -2.19. The van der Waals surface area contributed by atoms with Gasteiger partial charge in [0.1, 0.15) is 23.4 Å². The molecule has 3 aromatic rings. The van der Waals surface area contributed by atoms with Crippen molar-refractivity contribution in [3.63, 3.8) is 0 Å². The van der Waals surface area contributed by atoms with Crippen LogP contribution < -0.4 is 10.5 Å². The highest BCUT2D eigenvalue weighted by Gasteiger charge is 2.26. The van der Waals surface area contributed by atoms with Gasteiger partial charge in [0.2, 0.25) is 10.0 Å². The Morgan fingerprint density at radius 1 is 1.29 bits per heavy atom. The number of aromatic nitrogens is 2. The molecular weight excluding hydrogens is 389 g/mol. The predicted octanol–water partition coefficient (Wildman–Crippen LogP) is 2.32. The van der Waals surface area contributed by atoms with Crippen molar-refractivity contribution in [2.75, 3.05) is 5.32 Å². The maximum absolute atomic E-state index is 14.4. The molecule has 0 aliphatic heterocycles. The number of hydrogen-bond donors (Lipinski definition) is 2. The van der Waals surface area contributed by atoms with E-state index in [9.17, 15) is 22.9 Å². The highest BCUT2D eigenvalue weighted by Crippen LogP contribution is 2.33. The van der Waals surface area contributed by atoms with Crippen LogP contribution in [0.4, 0.5) is 15.8 Å². The largest absolute Gasteiger partial charge is 0.366 e. The summed E-state index contributed by atoms with van der Waals surface area (Å²) in [5.74, 6) is -0.110. The summed E-state index contributed by atoms with van der Waals surface area (Å²) in [6.45, 7) is 0. The van der Waals surface area contributed by atoms with Gasteiger partial charge in [-0.15, -0.1) is 0 Å². The summed E-state index contributed by atoms with van der Waals surface area (Å²) >= 11 is 0. The second-order valence-corrected chi connectivity index (χ2v) is 7.54. The molecule has 11 heteroatoms. The van der Waals surface area contributed by atoms with Crippen molar-refractivity contribution in [2.24, 2.45) is 12.2 Å². The van der Waals surface area contributed by atoms with Gasteiger partial charge in [0.05, 0.1) is 9.82 Å². The van der Waals surface area contributed by atoms with Crippen molar-refractivity contribution in [1.82, 2.24) is 9.55 Å². The Balaban J connectivity index is 2.13. The van der Waals surface area contributed by atoms with Gasteiger partial charge in [-0.25, -0.2) is 22.9 Å². The first kappa shape index (κ1) is 19.5. The highest BCUT2D eigenvalue weighted by atomic mass is 32.2. The average Bonchev–Trinajstić information content (AvgIpc) is 3.05. The second-order valence-electron chi connectivity index (χ2n) is 5.98. The molecule has 28 heavy (non-hydrogen) atoms. The van der Waals surface area contributed by atoms with E-state index in [1.54, 1.807) is 23.9 Å². The molecule has 0 saturated heterocycles. The van der Waals surface area contributed by atoms with Gasteiger partial charge >= 0.3 is 0 Å². The van der Waals surface area contributed by atoms with Crippen LogP contribution in [0.15, 0.2) is 59.8 Å². The molecule has 0 radical (unpaired) electrons. The summed E-state index contributed by atoms with van der Waals surface area (Å²) in [4.78, 5) is 14.5. The maximum Gasteiger partial charge on any atom is 0.293 e. The third-order valence-electron chi connectivity index (χ3n) is 4.13. The third kappa shape index (κ3) is 3.85. The van der Waals surface area contributed by atoms with E-state index in [1.165, 1.54) is 30.5 Å². The first-order valence-corrected chi connectivity index (χ1v) is 9.52. The first-order valence-electron chi connectivity index (χ1n) is 7.98. The maximum atomic E-state index is 14.4. The number of nitrogens with zero attached hydrogens (tertiary/aromatic N) is 3. The first-order chi connectivity index (χ1) is 13.2. The number of rotatable bonds is 6. The van der Waals surface area contributed by atoms with Gasteiger partial charge < -0.3 is 9.88 Å². The van der Waals surface area contributed by atoms with Gasteiger partial charge in [-0.2, -0.15) is 0 Å². The number of imidazole rings is 1. The van der Waals surface area contributed by atoms with Crippen LogP contribution >= 0.6 is 0 Å². The molecule has 0 bridgehead atoms. The molecule has 3 rings (SSSR count). The van der Waals surface area contributed by atoms with E-state index < -0.39 is 37.4 Å². The molecule has 0 spiro atoms. The van der Waals surface area contributed by atoms with Gasteiger partial charge in [-0.3, -0.25) is 10.1 Å². The Hall–Kier alpha value is -3.31. The number of primary sulfonamides is 1. The molecule has 0 aliphatic rings. The minimum absolute atomic E-state index is 0.00588. The van der Waals surface area contributed by atoms with E-state index in [4.69, 9.17) is 5.14 Å². The minimum atomic E-state index is -4.12. The normalized spacial score (nSPS) is 12.5. The molecule has 0 saturated carbocycles. The van der Waals surface area contributed by atoms with Gasteiger partial charge in [0.25, 0.3) is 5.69 Å². The zero-order valence-corrected chi connectivity index (χ0v) is 15.4. The fraction of sp³-hybridized carbons (Fsp3) is 0.118. The molecule has 1 heterocycles. The fourth-order valence-corrected chi connectivity index (χ4v) is 3.30. The lowest BCUT2D eigenvalue weighted by Gasteiger charge is -2.21.